The number of methoxy groups -OCH3 is 2. The molecule has 0 aliphatic heterocycles. The van der Waals surface area contributed by atoms with Crippen LogP contribution in [0.3, 0.4) is 0 Å². The van der Waals surface area contributed by atoms with Gasteiger partial charge in [0.15, 0.2) is 0 Å². The van der Waals surface area contributed by atoms with Crippen LogP contribution in [0.4, 0.5) is 0 Å². The second-order valence-electron chi connectivity index (χ2n) is 5.90. The van der Waals surface area contributed by atoms with Crippen molar-refractivity contribution in [2.45, 2.75) is 18.8 Å². The summed E-state index contributed by atoms with van der Waals surface area (Å²) in [7, 11) is 5.19. The average Bonchev–Trinajstić information content (AvgIpc) is 3.39. The molecule has 0 unspecified atom stereocenters. The predicted octanol–water partition coefficient (Wildman–Crippen LogP) is 3.58. The largest absolute Gasteiger partial charge is 0.480 e. The summed E-state index contributed by atoms with van der Waals surface area (Å²) < 4.78 is 13.1. The summed E-state index contributed by atoms with van der Waals surface area (Å²) in [5.41, 5.74) is 2.59. The molecule has 0 saturated heterocycles. The molecular formula is C17H17ClN4O2. The lowest BCUT2D eigenvalue weighted by atomic mass is 10.2. The first kappa shape index (κ1) is 15.2. The number of fused-ring (bicyclic) bond motifs is 1. The highest BCUT2D eigenvalue weighted by Gasteiger charge is 2.30. The number of pyridine rings is 1. The molecular weight excluding hydrogens is 328 g/mol. The number of rotatable bonds is 4. The van der Waals surface area contributed by atoms with Crippen LogP contribution >= 0.6 is 11.6 Å². The zero-order valence-corrected chi connectivity index (χ0v) is 14.5. The molecule has 1 aliphatic carbocycles. The fourth-order valence-electron chi connectivity index (χ4n) is 2.92. The van der Waals surface area contributed by atoms with Gasteiger partial charge in [-0.3, -0.25) is 0 Å². The molecule has 0 spiro atoms. The standard InChI is InChI=1S/C17H17ClN4O2/c1-22-11(6-10-7-13(18)19-8-12(10)22)14-16(23-2)20-15(9-4-5-9)21-17(14)24-3/h6-9H,4-5H2,1-3H3. The van der Waals surface area contributed by atoms with Crippen LogP contribution < -0.4 is 9.47 Å². The van der Waals surface area contributed by atoms with E-state index in [1.807, 2.05) is 23.7 Å². The number of halogens is 1. The van der Waals surface area contributed by atoms with Crippen molar-refractivity contribution in [1.82, 2.24) is 19.5 Å². The minimum Gasteiger partial charge on any atom is -0.480 e. The second kappa shape index (κ2) is 5.63. The van der Waals surface area contributed by atoms with E-state index in [0.717, 1.165) is 40.8 Å². The Bertz CT molecular complexity index is 909. The third kappa shape index (κ3) is 2.38. The van der Waals surface area contributed by atoms with Crippen molar-refractivity contribution in [2.75, 3.05) is 14.2 Å². The van der Waals surface area contributed by atoms with Crippen LogP contribution in [-0.2, 0) is 7.05 Å². The first-order valence-corrected chi connectivity index (χ1v) is 8.11. The Morgan fingerprint density at radius 2 is 1.79 bits per heavy atom. The van der Waals surface area contributed by atoms with E-state index in [4.69, 9.17) is 21.1 Å². The summed E-state index contributed by atoms with van der Waals surface area (Å²) >= 11 is 6.01. The van der Waals surface area contributed by atoms with E-state index in [9.17, 15) is 0 Å². The number of aromatic nitrogens is 4. The Morgan fingerprint density at radius 3 is 2.38 bits per heavy atom. The van der Waals surface area contributed by atoms with Crippen molar-refractivity contribution >= 4 is 22.5 Å². The topological polar surface area (TPSA) is 62.1 Å². The van der Waals surface area contributed by atoms with Gasteiger partial charge in [0.2, 0.25) is 11.8 Å². The fourth-order valence-corrected chi connectivity index (χ4v) is 3.09. The van der Waals surface area contributed by atoms with Gasteiger partial charge in [-0.2, -0.15) is 9.97 Å². The van der Waals surface area contributed by atoms with Crippen molar-refractivity contribution in [2.24, 2.45) is 7.05 Å². The van der Waals surface area contributed by atoms with E-state index in [-0.39, 0.29) is 0 Å². The quantitative estimate of drug-likeness (QED) is 0.677. The molecule has 0 atom stereocenters. The van der Waals surface area contributed by atoms with Crippen LogP contribution in [-0.4, -0.2) is 33.7 Å². The van der Waals surface area contributed by atoms with E-state index in [1.165, 1.54) is 0 Å². The Morgan fingerprint density at radius 1 is 1.12 bits per heavy atom. The summed E-state index contributed by atoms with van der Waals surface area (Å²) in [5, 5.41) is 1.45. The Balaban J connectivity index is 1.96. The first-order valence-electron chi connectivity index (χ1n) is 7.73. The molecule has 1 aliphatic rings. The lowest BCUT2D eigenvalue weighted by Crippen LogP contribution is -2.04. The maximum absolute atomic E-state index is 6.01. The predicted molar refractivity (Wildman–Crippen MR) is 91.8 cm³/mol. The van der Waals surface area contributed by atoms with Gasteiger partial charge in [0, 0.05) is 18.4 Å². The van der Waals surface area contributed by atoms with Crippen molar-refractivity contribution in [1.29, 1.82) is 0 Å². The van der Waals surface area contributed by atoms with Crippen LogP contribution in [0.2, 0.25) is 5.15 Å². The normalized spacial score (nSPS) is 14.2. The molecule has 3 aromatic heterocycles. The van der Waals surface area contributed by atoms with Crippen LogP contribution in [0, 0.1) is 0 Å². The highest BCUT2D eigenvalue weighted by Crippen LogP contribution is 2.43. The molecule has 4 rings (SSSR count). The van der Waals surface area contributed by atoms with Crippen LogP contribution in [0.25, 0.3) is 22.2 Å². The van der Waals surface area contributed by atoms with Crippen LogP contribution in [0.5, 0.6) is 11.8 Å². The van der Waals surface area contributed by atoms with Crippen molar-refractivity contribution in [3.63, 3.8) is 0 Å². The maximum Gasteiger partial charge on any atom is 0.229 e. The highest BCUT2D eigenvalue weighted by atomic mass is 35.5. The third-order valence-corrected chi connectivity index (χ3v) is 4.55. The smallest absolute Gasteiger partial charge is 0.229 e. The van der Waals surface area contributed by atoms with Crippen LogP contribution in [0.15, 0.2) is 18.3 Å². The van der Waals surface area contributed by atoms with Gasteiger partial charge < -0.3 is 14.0 Å². The molecule has 0 radical (unpaired) electrons. The molecule has 0 N–H and O–H groups in total. The molecule has 3 aromatic rings. The van der Waals surface area contributed by atoms with Gasteiger partial charge in [0.1, 0.15) is 16.5 Å². The van der Waals surface area contributed by atoms with Crippen molar-refractivity contribution in [3.8, 4) is 23.0 Å². The van der Waals surface area contributed by atoms with E-state index < -0.39 is 0 Å². The van der Waals surface area contributed by atoms with Gasteiger partial charge in [0.25, 0.3) is 0 Å². The van der Waals surface area contributed by atoms with Gasteiger partial charge >= 0.3 is 0 Å². The van der Waals surface area contributed by atoms with Gasteiger partial charge in [-0.15, -0.1) is 0 Å². The first-order chi connectivity index (χ1) is 11.6. The SMILES string of the molecule is COc1nc(C2CC2)nc(OC)c1-c1cc2cc(Cl)ncc2n1C. The lowest BCUT2D eigenvalue weighted by Gasteiger charge is -2.14. The summed E-state index contributed by atoms with van der Waals surface area (Å²) in [5.74, 6) is 2.25. The zero-order valence-electron chi connectivity index (χ0n) is 13.7. The molecule has 124 valence electrons. The van der Waals surface area contributed by atoms with E-state index in [1.54, 1.807) is 20.4 Å². The lowest BCUT2D eigenvalue weighted by molar-refractivity contribution is 0.371. The van der Waals surface area contributed by atoms with Gasteiger partial charge in [-0.25, -0.2) is 4.98 Å². The van der Waals surface area contributed by atoms with E-state index >= 15 is 0 Å². The number of aryl methyl sites for hydroxylation is 1. The number of hydrogen-bond acceptors (Lipinski definition) is 5. The molecule has 0 bridgehead atoms. The van der Waals surface area contributed by atoms with E-state index in [0.29, 0.717) is 22.8 Å². The molecule has 0 aromatic carbocycles. The molecule has 1 saturated carbocycles. The van der Waals surface area contributed by atoms with Gasteiger partial charge in [0.05, 0.1) is 31.6 Å². The highest BCUT2D eigenvalue weighted by molar-refractivity contribution is 6.30. The molecule has 3 heterocycles. The number of hydrogen-bond donors (Lipinski definition) is 0. The Kier molecular flexibility index (Phi) is 3.57. The summed E-state index contributed by atoms with van der Waals surface area (Å²) in [6, 6.07) is 3.85. The second-order valence-corrected chi connectivity index (χ2v) is 6.29. The Hall–Kier alpha value is -2.34. The average molecular weight is 345 g/mol. The van der Waals surface area contributed by atoms with Gasteiger partial charge in [-0.1, -0.05) is 11.6 Å². The molecule has 6 nitrogen and oxygen atoms in total. The summed E-state index contributed by atoms with van der Waals surface area (Å²) in [4.78, 5) is 13.4. The molecule has 7 heteroatoms. The third-order valence-electron chi connectivity index (χ3n) is 4.34. The zero-order chi connectivity index (χ0) is 16.8. The Labute approximate surface area is 144 Å². The molecule has 1 fully saturated rings. The molecule has 0 amide bonds. The minimum atomic E-state index is 0.414. The monoisotopic (exact) mass is 344 g/mol. The number of nitrogens with zero attached hydrogens (tertiary/aromatic N) is 4. The maximum atomic E-state index is 6.01. The van der Waals surface area contributed by atoms with Crippen LogP contribution in [0.1, 0.15) is 24.6 Å². The molecule has 24 heavy (non-hydrogen) atoms. The van der Waals surface area contributed by atoms with Gasteiger partial charge in [-0.05, 0) is 25.0 Å². The van der Waals surface area contributed by atoms with E-state index in [2.05, 4.69) is 15.0 Å². The summed E-state index contributed by atoms with van der Waals surface area (Å²) in [6.07, 6.45) is 3.98. The fraction of sp³-hybridized carbons (Fsp3) is 0.353. The summed E-state index contributed by atoms with van der Waals surface area (Å²) in [6.45, 7) is 0. The van der Waals surface area contributed by atoms with Crippen molar-refractivity contribution in [3.05, 3.63) is 29.3 Å². The van der Waals surface area contributed by atoms with Crippen molar-refractivity contribution < 1.29 is 9.47 Å². The number of ether oxygens (including phenoxy) is 2. The minimum absolute atomic E-state index is 0.414.